The van der Waals surface area contributed by atoms with Crippen LogP contribution in [0.25, 0.3) is 0 Å². The number of benzene rings is 1. The molecule has 2 rings (SSSR count). The smallest absolute Gasteiger partial charge is 0.0950 e. The molecule has 1 aromatic rings. The molecule has 0 radical (unpaired) electrons. The molecule has 0 saturated heterocycles. The van der Waals surface area contributed by atoms with Crippen LogP contribution in [0, 0.1) is 0 Å². The van der Waals surface area contributed by atoms with Gasteiger partial charge in [0, 0.05) is 17.1 Å². The second kappa shape index (κ2) is 8.13. The Morgan fingerprint density at radius 1 is 1.15 bits per heavy atom. The maximum Gasteiger partial charge on any atom is 0.0950 e. The molecular formula is C16H24BrNO2. The molecule has 1 fully saturated rings. The number of nitrogens with one attached hydrogen (secondary N) is 1. The minimum absolute atomic E-state index is 0.0967. The first-order chi connectivity index (χ1) is 9.65. The molecule has 112 valence electrons. The second-order valence-corrected chi connectivity index (χ2v) is 6.43. The van der Waals surface area contributed by atoms with Gasteiger partial charge in [-0.1, -0.05) is 28.1 Å². The predicted molar refractivity (Wildman–Crippen MR) is 84.9 cm³/mol. The van der Waals surface area contributed by atoms with E-state index in [2.05, 4.69) is 45.5 Å². The Morgan fingerprint density at radius 2 is 1.80 bits per heavy atom. The van der Waals surface area contributed by atoms with Gasteiger partial charge in [-0.3, -0.25) is 0 Å². The first-order valence-corrected chi connectivity index (χ1v) is 8.16. The fraction of sp³-hybridized carbons (Fsp3) is 0.625. The van der Waals surface area contributed by atoms with E-state index >= 15 is 0 Å². The van der Waals surface area contributed by atoms with Gasteiger partial charge in [0.15, 0.2) is 0 Å². The van der Waals surface area contributed by atoms with Gasteiger partial charge in [-0.25, -0.2) is 0 Å². The minimum atomic E-state index is 0.0967. The summed E-state index contributed by atoms with van der Waals surface area (Å²) in [7, 11) is 0. The average Bonchev–Trinajstić information content (AvgIpc) is 3.23. The van der Waals surface area contributed by atoms with Crippen LogP contribution in [0.3, 0.4) is 0 Å². The summed E-state index contributed by atoms with van der Waals surface area (Å²) in [6.07, 6.45) is 2.95. The predicted octanol–water partition coefficient (Wildman–Crippen LogP) is 3.68. The van der Waals surface area contributed by atoms with Crippen molar-refractivity contribution in [2.45, 2.75) is 44.9 Å². The van der Waals surface area contributed by atoms with E-state index in [-0.39, 0.29) is 12.2 Å². The van der Waals surface area contributed by atoms with E-state index in [0.29, 0.717) is 19.3 Å². The summed E-state index contributed by atoms with van der Waals surface area (Å²) < 4.78 is 12.6. The number of hydrogen-bond acceptors (Lipinski definition) is 3. The molecule has 4 heteroatoms. The Bertz CT molecular complexity index is 390. The lowest BCUT2D eigenvalue weighted by atomic mass is 10.1. The molecule has 0 bridgehead atoms. The molecule has 0 amide bonds. The van der Waals surface area contributed by atoms with Crippen LogP contribution < -0.4 is 5.32 Å². The van der Waals surface area contributed by atoms with Crippen molar-refractivity contribution < 1.29 is 9.47 Å². The zero-order valence-corrected chi connectivity index (χ0v) is 13.9. The molecule has 0 aliphatic heterocycles. The molecule has 1 aromatic carbocycles. The standard InChI is InChI=1S/C16H24BrNO2/c1-12(2)19-9-10-20-16(11-18-15-7-8-15)13-3-5-14(17)6-4-13/h3-6,12,15-16,18H,7-11H2,1-2H3. The number of halogens is 1. The van der Waals surface area contributed by atoms with Gasteiger partial charge in [-0.05, 0) is 44.4 Å². The topological polar surface area (TPSA) is 30.5 Å². The van der Waals surface area contributed by atoms with Crippen molar-refractivity contribution in [3.8, 4) is 0 Å². The van der Waals surface area contributed by atoms with Crippen LogP contribution in [0.1, 0.15) is 38.4 Å². The fourth-order valence-electron chi connectivity index (χ4n) is 1.99. The Kier molecular flexibility index (Phi) is 6.49. The highest BCUT2D eigenvalue weighted by Gasteiger charge is 2.22. The van der Waals surface area contributed by atoms with Crippen LogP contribution in [0.15, 0.2) is 28.7 Å². The Hall–Kier alpha value is -0.420. The van der Waals surface area contributed by atoms with Crippen LogP contribution in [0.2, 0.25) is 0 Å². The lowest BCUT2D eigenvalue weighted by Crippen LogP contribution is -2.26. The van der Waals surface area contributed by atoms with Gasteiger partial charge in [-0.2, -0.15) is 0 Å². The minimum Gasteiger partial charge on any atom is -0.376 e. The molecule has 1 saturated carbocycles. The van der Waals surface area contributed by atoms with E-state index in [1.165, 1.54) is 18.4 Å². The normalized spacial score (nSPS) is 16.6. The van der Waals surface area contributed by atoms with Gasteiger partial charge in [0.25, 0.3) is 0 Å². The maximum atomic E-state index is 5.99. The van der Waals surface area contributed by atoms with E-state index in [1.54, 1.807) is 0 Å². The van der Waals surface area contributed by atoms with Crippen LogP contribution in [-0.4, -0.2) is 31.9 Å². The van der Waals surface area contributed by atoms with Crippen molar-refractivity contribution in [3.05, 3.63) is 34.3 Å². The van der Waals surface area contributed by atoms with Crippen molar-refractivity contribution in [1.29, 1.82) is 0 Å². The van der Waals surface area contributed by atoms with Gasteiger partial charge in [0.1, 0.15) is 0 Å². The SMILES string of the molecule is CC(C)OCCOC(CNC1CC1)c1ccc(Br)cc1. The van der Waals surface area contributed by atoms with Crippen LogP contribution >= 0.6 is 15.9 Å². The molecule has 20 heavy (non-hydrogen) atoms. The molecule has 3 nitrogen and oxygen atoms in total. The molecular weight excluding hydrogens is 318 g/mol. The molecule has 1 aliphatic rings. The largest absolute Gasteiger partial charge is 0.376 e. The molecule has 0 heterocycles. The molecule has 1 unspecified atom stereocenters. The third-order valence-corrected chi connectivity index (χ3v) is 3.79. The highest BCUT2D eigenvalue weighted by Crippen LogP contribution is 2.23. The van der Waals surface area contributed by atoms with Gasteiger partial charge in [0.2, 0.25) is 0 Å². The summed E-state index contributed by atoms with van der Waals surface area (Å²) in [5.74, 6) is 0. The number of rotatable bonds is 9. The third kappa shape index (κ3) is 5.92. The van der Waals surface area contributed by atoms with Gasteiger partial charge < -0.3 is 14.8 Å². The summed E-state index contributed by atoms with van der Waals surface area (Å²) in [6, 6.07) is 9.06. The molecule has 1 atom stereocenters. The Balaban J connectivity index is 1.83. The monoisotopic (exact) mass is 341 g/mol. The highest BCUT2D eigenvalue weighted by atomic mass is 79.9. The fourth-order valence-corrected chi connectivity index (χ4v) is 2.25. The lowest BCUT2D eigenvalue weighted by molar-refractivity contribution is -0.0131. The van der Waals surface area contributed by atoms with E-state index in [0.717, 1.165) is 11.0 Å². The van der Waals surface area contributed by atoms with Crippen LogP contribution in [0.4, 0.5) is 0 Å². The molecule has 1 aliphatic carbocycles. The van der Waals surface area contributed by atoms with E-state index in [1.807, 2.05) is 13.8 Å². The van der Waals surface area contributed by atoms with Crippen molar-refractivity contribution in [1.82, 2.24) is 5.32 Å². The summed E-state index contributed by atoms with van der Waals surface area (Å²) >= 11 is 3.47. The van der Waals surface area contributed by atoms with Crippen molar-refractivity contribution in [2.75, 3.05) is 19.8 Å². The Morgan fingerprint density at radius 3 is 2.40 bits per heavy atom. The van der Waals surface area contributed by atoms with Crippen LogP contribution in [-0.2, 0) is 9.47 Å². The van der Waals surface area contributed by atoms with Crippen molar-refractivity contribution in [2.24, 2.45) is 0 Å². The van der Waals surface area contributed by atoms with Gasteiger partial charge >= 0.3 is 0 Å². The summed E-state index contributed by atoms with van der Waals surface area (Å²) in [5, 5.41) is 3.54. The zero-order chi connectivity index (χ0) is 14.4. The highest BCUT2D eigenvalue weighted by molar-refractivity contribution is 9.10. The first kappa shape index (κ1) is 16.0. The van der Waals surface area contributed by atoms with Gasteiger partial charge in [0.05, 0.1) is 25.4 Å². The molecule has 1 N–H and O–H groups in total. The lowest BCUT2D eigenvalue weighted by Gasteiger charge is -2.19. The molecule has 0 spiro atoms. The third-order valence-electron chi connectivity index (χ3n) is 3.26. The maximum absolute atomic E-state index is 5.99. The zero-order valence-electron chi connectivity index (χ0n) is 12.3. The summed E-state index contributed by atoms with van der Waals surface area (Å²) in [5.41, 5.74) is 1.21. The van der Waals surface area contributed by atoms with E-state index in [4.69, 9.17) is 9.47 Å². The van der Waals surface area contributed by atoms with Crippen molar-refractivity contribution >= 4 is 15.9 Å². The van der Waals surface area contributed by atoms with E-state index < -0.39 is 0 Å². The summed E-state index contributed by atoms with van der Waals surface area (Å²) in [6.45, 7) is 6.23. The Labute approximate surface area is 130 Å². The van der Waals surface area contributed by atoms with Gasteiger partial charge in [-0.15, -0.1) is 0 Å². The average molecular weight is 342 g/mol. The number of hydrogen-bond donors (Lipinski definition) is 1. The second-order valence-electron chi connectivity index (χ2n) is 5.51. The first-order valence-electron chi connectivity index (χ1n) is 7.37. The quantitative estimate of drug-likeness (QED) is 0.695. The van der Waals surface area contributed by atoms with E-state index in [9.17, 15) is 0 Å². The number of ether oxygens (including phenoxy) is 2. The summed E-state index contributed by atoms with van der Waals surface area (Å²) in [4.78, 5) is 0. The van der Waals surface area contributed by atoms with Crippen molar-refractivity contribution in [3.63, 3.8) is 0 Å². The van der Waals surface area contributed by atoms with Crippen LogP contribution in [0.5, 0.6) is 0 Å². The molecule has 0 aromatic heterocycles.